The molecule has 3 aromatic rings. The third kappa shape index (κ3) is 4.43. The Balaban J connectivity index is 1.64. The molecule has 2 N–H and O–H groups in total. The van der Waals surface area contributed by atoms with Gasteiger partial charge in [-0.25, -0.2) is 13.4 Å². The lowest BCUT2D eigenvalue weighted by Crippen LogP contribution is -2.19. The van der Waals surface area contributed by atoms with Gasteiger partial charge in [0.05, 0.1) is 11.1 Å². The number of rotatable bonds is 6. The van der Waals surface area contributed by atoms with Crippen LogP contribution in [-0.4, -0.2) is 29.1 Å². The summed E-state index contributed by atoms with van der Waals surface area (Å²) in [5.41, 5.74) is 1.47. The number of aromatic nitrogens is 3. The Bertz CT molecular complexity index is 963. The molecule has 0 fully saturated rings. The van der Waals surface area contributed by atoms with Crippen LogP contribution in [0.3, 0.4) is 0 Å². The van der Waals surface area contributed by atoms with Crippen molar-refractivity contribution in [3.63, 3.8) is 0 Å². The standard InChI is InChI=1S/C15H15N5O3S2/c1-11-8-17-20(9-11)10-14(21)18-12-2-4-13(5-3-12)25(22,23)19-15-16-6-7-24-15/h2-9H,10H2,1H3,(H,16,19)(H,18,21). The Kier molecular flexibility index (Phi) is 4.81. The van der Waals surface area contributed by atoms with Gasteiger partial charge in [-0.05, 0) is 36.8 Å². The van der Waals surface area contributed by atoms with Crippen LogP contribution in [0.15, 0.2) is 53.1 Å². The molecule has 130 valence electrons. The normalized spacial score (nSPS) is 11.2. The first-order chi connectivity index (χ1) is 11.9. The highest BCUT2D eigenvalue weighted by Crippen LogP contribution is 2.19. The summed E-state index contributed by atoms with van der Waals surface area (Å²) in [6.07, 6.45) is 4.95. The quantitative estimate of drug-likeness (QED) is 0.684. The number of anilines is 2. The fraction of sp³-hybridized carbons (Fsp3) is 0.133. The maximum atomic E-state index is 12.2. The number of benzene rings is 1. The van der Waals surface area contributed by atoms with E-state index in [0.29, 0.717) is 10.8 Å². The van der Waals surface area contributed by atoms with Crippen molar-refractivity contribution < 1.29 is 13.2 Å². The molecule has 0 aliphatic carbocycles. The molecule has 0 saturated heterocycles. The van der Waals surface area contributed by atoms with Gasteiger partial charge in [0.1, 0.15) is 6.54 Å². The lowest BCUT2D eigenvalue weighted by atomic mass is 10.3. The number of sulfonamides is 1. The molecule has 2 aromatic heterocycles. The number of carbonyl (C=O) groups excluding carboxylic acids is 1. The van der Waals surface area contributed by atoms with Gasteiger partial charge in [0, 0.05) is 23.5 Å². The van der Waals surface area contributed by atoms with Crippen molar-refractivity contribution in [3.05, 3.63) is 53.8 Å². The zero-order chi connectivity index (χ0) is 17.9. The molecule has 0 bridgehead atoms. The zero-order valence-electron chi connectivity index (χ0n) is 13.2. The first-order valence-corrected chi connectivity index (χ1v) is 9.60. The van der Waals surface area contributed by atoms with Crippen molar-refractivity contribution in [1.82, 2.24) is 14.8 Å². The van der Waals surface area contributed by atoms with Gasteiger partial charge in [-0.15, -0.1) is 11.3 Å². The van der Waals surface area contributed by atoms with Crippen LogP contribution in [0, 0.1) is 6.92 Å². The van der Waals surface area contributed by atoms with E-state index in [4.69, 9.17) is 0 Å². The Morgan fingerprint density at radius 3 is 2.64 bits per heavy atom. The highest BCUT2D eigenvalue weighted by molar-refractivity contribution is 7.93. The number of nitrogens with zero attached hydrogens (tertiary/aromatic N) is 3. The van der Waals surface area contributed by atoms with Gasteiger partial charge in [-0.1, -0.05) is 0 Å². The fourth-order valence-corrected chi connectivity index (χ4v) is 3.85. The number of hydrogen-bond acceptors (Lipinski definition) is 6. The topological polar surface area (TPSA) is 106 Å². The molecular formula is C15H15N5O3S2. The van der Waals surface area contributed by atoms with E-state index in [-0.39, 0.29) is 17.3 Å². The molecule has 2 heterocycles. The van der Waals surface area contributed by atoms with Crippen LogP contribution in [-0.2, 0) is 21.4 Å². The Morgan fingerprint density at radius 2 is 2.04 bits per heavy atom. The summed E-state index contributed by atoms with van der Waals surface area (Å²) in [5.74, 6) is -0.250. The average Bonchev–Trinajstić information content (AvgIpc) is 3.19. The summed E-state index contributed by atoms with van der Waals surface area (Å²) in [7, 11) is -3.70. The average molecular weight is 377 g/mol. The predicted octanol–water partition coefficient (Wildman–Crippen LogP) is 2.09. The second kappa shape index (κ2) is 7.03. The van der Waals surface area contributed by atoms with Crippen LogP contribution in [0.4, 0.5) is 10.8 Å². The number of thiazole rings is 1. The van der Waals surface area contributed by atoms with Crippen molar-refractivity contribution in [1.29, 1.82) is 0 Å². The van der Waals surface area contributed by atoms with Crippen molar-refractivity contribution in [2.45, 2.75) is 18.4 Å². The molecule has 0 saturated carbocycles. The second-order valence-corrected chi connectivity index (χ2v) is 7.81. The van der Waals surface area contributed by atoms with E-state index < -0.39 is 10.0 Å². The minimum Gasteiger partial charge on any atom is -0.324 e. The first kappa shape index (κ1) is 17.1. The predicted molar refractivity (Wildman–Crippen MR) is 95.0 cm³/mol. The lowest BCUT2D eigenvalue weighted by molar-refractivity contribution is -0.116. The molecule has 25 heavy (non-hydrogen) atoms. The fourth-order valence-electron chi connectivity index (χ4n) is 2.07. The smallest absolute Gasteiger partial charge is 0.263 e. The first-order valence-electron chi connectivity index (χ1n) is 7.24. The summed E-state index contributed by atoms with van der Waals surface area (Å²) in [6.45, 7) is 1.97. The number of carbonyl (C=O) groups is 1. The molecule has 1 aromatic carbocycles. The second-order valence-electron chi connectivity index (χ2n) is 5.23. The number of amides is 1. The third-order valence-corrected chi connectivity index (χ3v) is 5.34. The molecule has 0 radical (unpaired) electrons. The minimum atomic E-state index is -3.70. The molecule has 0 aliphatic heterocycles. The molecule has 0 spiro atoms. The highest BCUT2D eigenvalue weighted by atomic mass is 32.2. The molecule has 0 aliphatic rings. The Labute approximate surface area is 148 Å². The summed E-state index contributed by atoms with van der Waals surface area (Å²) in [4.78, 5) is 16.0. The summed E-state index contributed by atoms with van der Waals surface area (Å²) < 4.78 is 28.4. The van der Waals surface area contributed by atoms with Crippen molar-refractivity contribution in [2.75, 3.05) is 10.0 Å². The van der Waals surface area contributed by atoms with Crippen LogP contribution >= 0.6 is 11.3 Å². The van der Waals surface area contributed by atoms with Crippen molar-refractivity contribution >= 4 is 38.1 Å². The zero-order valence-corrected chi connectivity index (χ0v) is 14.8. The van der Waals surface area contributed by atoms with Crippen LogP contribution in [0.25, 0.3) is 0 Å². The van der Waals surface area contributed by atoms with Crippen molar-refractivity contribution in [2.24, 2.45) is 0 Å². The maximum Gasteiger partial charge on any atom is 0.263 e. The lowest BCUT2D eigenvalue weighted by Gasteiger charge is -2.08. The van der Waals surface area contributed by atoms with Gasteiger partial charge >= 0.3 is 0 Å². The Morgan fingerprint density at radius 1 is 1.28 bits per heavy atom. The van der Waals surface area contributed by atoms with E-state index in [1.54, 1.807) is 17.8 Å². The van der Waals surface area contributed by atoms with E-state index in [9.17, 15) is 13.2 Å². The van der Waals surface area contributed by atoms with Gasteiger partial charge in [0.25, 0.3) is 10.0 Å². The van der Waals surface area contributed by atoms with Crippen LogP contribution in [0.5, 0.6) is 0 Å². The number of aryl methyl sites for hydroxylation is 1. The molecule has 0 atom stereocenters. The van der Waals surface area contributed by atoms with Gasteiger partial charge in [0.2, 0.25) is 5.91 Å². The highest BCUT2D eigenvalue weighted by Gasteiger charge is 2.15. The summed E-state index contributed by atoms with van der Waals surface area (Å²) in [6, 6.07) is 5.90. The minimum absolute atomic E-state index is 0.0828. The largest absolute Gasteiger partial charge is 0.324 e. The van der Waals surface area contributed by atoms with Gasteiger partial charge in [-0.2, -0.15) is 5.10 Å². The molecular weight excluding hydrogens is 362 g/mol. The van der Waals surface area contributed by atoms with Gasteiger partial charge < -0.3 is 5.32 Å². The van der Waals surface area contributed by atoms with E-state index >= 15 is 0 Å². The summed E-state index contributed by atoms with van der Waals surface area (Å²) in [5, 5.41) is 8.72. The SMILES string of the molecule is Cc1cnn(CC(=O)Nc2ccc(S(=O)(=O)Nc3nccs3)cc2)c1. The summed E-state index contributed by atoms with van der Waals surface area (Å²) >= 11 is 1.19. The van der Waals surface area contributed by atoms with Crippen LogP contribution in [0.2, 0.25) is 0 Å². The van der Waals surface area contributed by atoms with Crippen molar-refractivity contribution in [3.8, 4) is 0 Å². The third-order valence-electron chi connectivity index (χ3n) is 3.17. The molecule has 0 unspecified atom stereocenters. The maximum absolute atomic E-state index is 12.2. The van der Waals surface area contributed by atoms with Crippen LogP contribution < -0.4 is 10.0 Å². The molecule has 8 nitrogen and oxygen atoms in total. The monoisotopic (exact) mass is 377 g/mol. The van der Waals surface area contributed by atoms with Gasteiger partial charge in [0.15, 0.2) is 5.13 Å². The number of nitrogens with one attached hydrogen (secondary N) is 2. The molecule has 3 rings (SSSR count). The molecule has 1 amide bonds. The molecule has 10 heteroatoms. The van der Waals surface area contributed by atoms with E-state index in [2.05, 4.69) is 20.1 Å². The Hall–Kier alpha value is -2.72. The number of hydrogen-bond donors (Lipinski definition) is 2. The van der Waals surface area contributed by atoms with E-state index in [1.165, 1.54) is 46.5 Å². The van der Waals surface area contributed by atoms with E-state index in [1.807, 2.05) is 6.92 Å². The van der Waals surface area contributed by atoms with Crippen LogP contribution in [0.1, 0.15) is 5.56 Å². The van der Waals surface area contributed by atoms with Gasteiger partial charge in [-0.3, -0.25) is 14.2 Å². The van der Waals surface area contributed by atoms with E-state index in [0.717, 1.165) is 5.56 Å².